The summed E-state index contributed by atoms with van der Waals surface area (Å²) in [5.41, 5.74) is 14.8. The fourth-order valence-corrected chi connectivity index (χ4v) is 4.74. The van der Waals surface area contributed by atoms with Crippen LogP contribution in [0.1, 0.15) is 0 Å². The number of rotatable bonds is 5. The summed E-state index contributed by atoms with van der Waals surface area (Å²) in [6.45, 7) is 0. The molecule has 0 saturated carbocycles. The minimum absolute atomic E-state index is 0.781. The Morgan fingerprint density at radius 1 is 0.389 bits per heavy atom. The molecule has 0 bridgehead atoms. The van der Waals surface area contributed by atoms with Gasteiger partial charge in [-0.2, -0.15) is 0 Å². The Hall–Kier alpha value is -4.82. The molecular weight excluding hydrogens is 436 g/mol. The van der Waals surface area contributed by atoms with Crippen molar-refractivity contribution >= 4 is 33.5 Å². The quantitative estimate of drug-likeness (QED) is 0.259. The maximum absolute atomic E-state index is 5.84. The fraction of sp³-hybridized carbons (Fsp3) is 0. The van der Waals surface area contributed by atoms with Gasteiger partial charge in [-0.25, -0.2) is 0 Å². The minimum atomic E-state index is 0.781. The highest BCUT2D eigenvalue weighted by atomic mass is 15.1. The molecule has 6 aromatic rings. The third-order valence-electron chi connectivity index (χ3n) is 6.61. The van der Waals surface area contributed by atoms with Crippen LogP contribution >= 0.6 is 0 Å². The van der Waals surface area contributed by atoms with Gasteiger partial charge < -0.3 is 10.6 Å². The van der Waals surface area contributed by atoms with Crippen LogP contribution in [0.25, 0.3) is 33.0 Å². The van der Waals surface area contributed by atoms with E-state index in [2.05, 4.69) is 138 Å². The van der Waals surface area contributed by atoms with E-state index < -0.39 is 0 Å². The SMILES string of the molecule is Nc1ccc(-c2ccc(-c3ccc(N(c4ccccc4)c4cccc5ccccc45)cc3)cc2)cc1. The molecule has 0 heterocycles. The lowest BCUT2D eigenvalue weighted by molar-refractivity contribution is 1.30. The zero-order valence-corrected chi connectivity index (χ0v) is 19.9. The lowest BCUT2D eigenvalue weighted by Crippen LogP contribution is -2.10. The second-order valence-electron chi connectivity index (χ2n) is 8.92. The molecule has 0 unspecified atom stereocenters. The Morgan fingerprint density at radius 3 is 1.50 bits per heavy atom. The van der Waals surface area contributed by atoms with Crippen LogP contribution in [-0.4, -0.2) is 0 Å². The Morgan fingerprint density at radius 2 is 0.861 bits per heavy atom. The summed E-state index contributed by atoms with van der Waals surface area (Å²) in [4.78, 5) is 2.33. The first-order valence-electron chi connectivity index (χ1n) is 12.2. The number of para-hydroxylation sites is 1. The molecule has 0 aliphatic carbocycles. The average Bonchev–Trinajstić information content (AvgIpc) is 2.95. The maximum atomic E-state index is 5.84. The highest BCUT2D eigenvalue weighted by Gasteiger charge is 2.15. The van der Waals surface area contributed by atoms with Gasteiger partial charge in [0.2, 0.25) is 0 Å². The molecule has 0 saturated heterocycles. The first kappa shape index (κ1) is 21.7. The van der Waals surface area contributed by atoms with E-state index in [1.165, 1.54) is 38.7 Å². The number of nitrogen functional groups attached to an aromatic ring is 1. The number of nitrogens with two attached hydrogens (primary N) is 1. The van der Waals surface area contributed by atoms with Crippen LogP contribution in [0.4, 0.5) is 22.7 Å². The minimum Gasteiger partial charge on any atom is -0.399 e. The van der Waals surface area contributed by atoms with Crippen LogP contribution in [0.15, 0.2) is 146 Å². The van der Waals surface area contributed by atoms with E-state index in [4.69, 9.17) is 5.73 Å². The fourth-order valence-electron chi connectivity index (χ4n) is 4.74. The van der Waals surface area contributed by atoms with Gasteiger partial charge in [-0.3, -0.25) is 0 Å². The highest BCUT2D eigenvalue weighted by molar-refractivity contribution is 5.98. The molecule has 0 fully saturated rings. The summed E-state index contributed by atoms with van der Waals surface area (Å²) in [5, 5.41) is 2.46. The van der Waals surface area contributed by atoms with E-state index in [1.54, 1.807) is 0 Å². The number of benzene rings is 6. The van der Waals surface area contributed by atoms with E-state index in [0.717, 1.165) is 17.1 Å². The zero-order valence-electron chi connectivity index (χ0n) is 19.9. The van der Waals surface area contributed by atoms with Gasteiger partial charge in [0.15, 0.2) is 0 Å². The van der Waals surface area contributed by atoms with Crippen molar-refractivity contribution in [2.45, 2.75) is 0 Å². The molecule has 0 radical (unpaired) electrons. The number of nitrogens with zero attached hydrogens (tertiary/aromatic N) is 1. The van der Waals surface area contributed by atoms with Gasteiger partial charge in [0.25, 0.3) is 0 Å². The second kappa shape index (κ2) is 9.44. The molecule has 0 atom stereocenters. The third-order valence-corrected chi connectivity index (χ3v) is 6.61. The number of hydrogen-bond acceptors (Lipinski definition) is 2. The van der Waals surface area contributed by atoms with Crippen LogP contribution in [0.5, 0.6) is 0 Å². The van der Waals surface area contributed by atoms with Crippen molar-refractivity contribution in [1.82, 2.24) is 0 Å². The molecule has 0 amide bonds. The van der Waals surface area contributed by atoms with Crippen molar-refractivity contribution in [3.8, 4) is 22.3 Å². The molecule has 172 valence electrons. The number of hydrogen-bond donors (Lipinski definition) is 1. The predicted molar refractivity (Wildman–Crippen MR) is 154 cm³/mol. The summed E-state index contributed by atoms with van der Waals surface area (Å²) < 4.78 is 0. The highest BCUT2D eigenvalue weighted by Crippen LogP contribution is 2.39. The van der Waals surface area contributed by atoms with Crippen LogP contribution < -0.4 is 10.6 Å². The monoisotopic (exact) mass is 462 g/mol. The van der Waals surface area contributed by atoms with Crippen molar-refractivity contribution in [1.29, 1.82) is 0 Å². The van der Waals surface area contributed by atoms with Crippen molar-refractivity contribution in [3.05, 3.63) is 146 Å². The Balaban J connectivity index is 1.36. The predicted octanol–water partition coefficient (Wildman–Crippen LogP) is 9.23. The number of anilines is 4. The van der Waals surface area contributed by atoms with E-state index in [9.17, 15) is 0 Å². The van der Waals surface area contributed by atoms with Crippen LogP contribution in [0.2, 0.25) is 0 Å². The van der Waals surface area contributed by atoms with E-state index >= 15 is 0 Å². The van der Waals surface area contributed by atoms with E-state index in [1.807, 2.05) is 12.1 Å². The molecular formula is C34H26N2. The Bertz CT molecular complexity index is 1600. The summed E-state index contributed by atoms with van der Waals surface area (Å²) in [5.74, 6) is 0. The summed E-state index contributed by atoms with van der Waals surface area (Å²) in [7, 11) is 0. The third kappa shape index (κ3) is 4.21. The van der Waals surface area contributed by atoms with Crippen LogP contribution in [0.3, 0.4) is 0 Å². The molecule has 36 heavy (non-hydrogen) atoms. The summed E-state index contributed by atoms with van der Waals surface area (Å²) >= 11 is 0. The molecule has 2 N–H and O–H groups in total. The first-order valence-corrected chi connectivity index (χ1v) is 12.2. The standard InChI is InChI=1S/C34H26N2/c35-30-21-17-27(18-22-30)25-13-15-26(16-14-25)28-19-23-32(24-20-28)36(31-9-2-1-3-10-31)34-12-6-8-29-7-4-5-11-33(29)34/h1-24H,35H2. The molecule has 2 heteroatoms. The van der Waals surface area contributed by atoms with Crippen LogP contribution in [0, 0.1) is 0 Å². The Labute approximate surface area is 211 Å². The lowest BCUT2D eigenvalue weighted by atomic mass is 9.99. The molecule has 0 spiro atoms. The van der Waals surface area contributed by atoms with E-state index in [0.29, 0.717) is 0 Å². The maximum Gasteiger partial charge on any atom is 0.0540 e. The summed E-state index contributed by atoms with van der Waals surface area (Å²) in [6.07, 6.45) is 0. The van der Waals surface area contributed by atoms with Gasteiger partial charge >= 0.3 is 0 Å². The van der Waals surface area contributed by atoms with Gasteiger partial charge in [-0.05, 0) is 70.1 Å². The molecule has 2 nitrogen and oxygen atoms in total. The van der Waals surface area contributed by atoms with E-state index in [-0.39, 0.29) is 0 Å². The molecule has 0 aromatic heterocycles. The molecule has 0 aliphatic rings. The Kier molecular flexibility index (Phi) is 5.69. The number of fused-ring (bicyclic) bond motifs is 1. The molecule has 6 rings (SSSR count). The van der Waals surface area contributed by atoms with Gasteiger partial charge in [0, 0.05) is 22.4 Å². The normalized spacial score (nSPS) is 10.9. The first-order chi connectivity index (χ1) is 17.8. The molecule has 0 aliphatic heterocycles. The van der Waals surface area contributed by atoms with Gasteiger partial charge in [0.1, 0.15) is 0 Å². The van der Waals surface area contributed by atoms with Crippen molar-refractivity contribution in [2.24, 2.45) is 0 Å². The van der Waals surface area contributed by atoms with Gasteiger partial charge in [0.05, 0.1) is 5.69 Å². The lowest BCUT2D eigenvalue weighted by Gasteiger charge is -2.27. The second-order valence-corrected chi connectivity index (χ2v) is 8.92. The molecule has 6 aromatic carbocycles. The van der Waals surface area contributed by atoms with Crippen molar-refractivity contribution in [3.63, 3.8) is 0 Å². The smallest absolute Gasteiger partial charge is 0.0540 e. The van der Waals surface area contributed by atoms with Crippen molar-refractivity contribution in [2.75, 3.05) is 10.6 Å². The van der Waals surface area contributed by atoms with Crippen LogP contribution in [-0.2, 0) is 0 Å². The van der Waals surface area contributed by atoms with Gasteiger partial charge in [-0.1, -0.05) is 103 Å². The van der Waals surface area contributed by atoms with Crippen molar-refractivity contribution < 1.29 is 0 Å². The topological polar surface area (TPSA) is 29.3 Å². The average molecular weight is 463 g/mol. The largest absolute Gasteiger partial charge is 0.399 e. The van der Waals surface area contributed by atoms with Gasteiger partial charge in [-0.15, -0.1) is 0 Å². The zero-order chi connectivity index (χ0) is 24.3. The summed E-state index contributed by atoms with van der Waals surface area (Å²) in [6, 6.07) is 51.1.